The van der Waals surface area contributed by atoms with Crippen molar-refractivity contribution in [1.82, 2.24) is 4.90 Å². The Morgan fingerprint density at radius 2 is 1.95 bits per heavy atom. The van der Waals surface area contributed by atoms with Gasteiger partial charge in [0.2, 0.25) is 11.8 Å². The van der Waals surface area contributed by atoms with Crippen molar-refractivity contribution >= 4 is 23.2 Å². The van der Waals surface area contributed by atoms with Crippen LogP contribution in [0.25, 0.3) is 0 Å². The first kappa shape index (κ1) is 14.8. The van der Waals surface area contributed by atoms with Gasteiger partial charge in [-0.15, -0.1) is 11.3 Å². The van der Waals surface area contributed by atoms with E-state index in [0.717, 1.165) is 10.4 Å². The Morgan fingerprint density at radius 1 is 1.30 bits per heavy atom. The Kier molecular flexibility index (Phi) is 4.58. The Morgan fingerprint density at radius 3 is 2.55 bits per heavy atom. The van der Waals surface area contributed by atoms with Gasteiger partial charge < -0.3 is 5.11 Å². The smallest absolute Gasteiger partial charge is 0.233 e. The maximum absolute atomic E-state index is 12.1. The molecule has 1 aliphatic heterocycles. The molecule has 1 fully saturated rings. The summed E-state index contributed by atoms with van der Waals surface area (Å²) in [7, 11) is 0. The van der Waals surface area contributed by atoms with Gasteiger partial charge in [-0.05, 0) is 11.4 Å². The van der Waals surface area contributed by atoms with Gasteiger partial charge in [0.15, 0.2) is 0 Å². The van der Waals surface area contributed by atoms with Crippen molar-refractivity contribution in [3.8, 4) is 11.8 Å². The molecule has 2 unspecified atom stereocenters. The van der Waals surface area contributed by atoms with Crippen molar-refractivity contribution in [3.05, 3.63) is 21.9 Å². The number of rotatable bonds is 3. The zero-order chi connectivity index (χ0) is 14.7. The Hall–Kier alpha value is -1.64. The highest BCUT2D eigenvalue weighted by molar-refractivity contribution is 7.10. The number of amides is 2. The highest BCUT2D eigenvalue weighted by Crippen LogP contribution is 2.28. The summed E-state index contributed by atoms with van der Waals surface area (Å²) in [4.78, 5) is 26.4. The molecule has 0 radical (unpaired) electrons. The first-order valence-electron chi connectivity index (χ1n) is 6.57. The van der Waals surface area contributed by atoms with Crippen LogP contribution in [0.1, 0.15) is 30.7 Å². The molecular formula is C15H17NO3S. The summed E-state index contributed by atoms with van der Waals surface area (Å²) < 4.78 is 0. The normalized spacial score (nSPS) is 22.1. The minimum Gasteiger partial charge on any atom is -0.395 e. The van der Waals surface area contributed by atoms with Gasteiger partial charge in [0.1, 0.15) is 0 Å². The van der Waals surface area contributed by atoms with Crippen LogP contribution >= 0.6 is 11.3 Å². The van der Waals surface area contributed by atoms with Gasteiger partial charge in [-0.1, -0.05) is 25.7 Å². The summed E-state index contributed by atoms with van der Waals surface area (Å²) in [5.41, 5.74) is 0.830. The van der Waals surface area contributed by atoms with Gasteiger partial charge in [-0.3, -0.25) is 14.5 Å². The maximum atomic E-state index is 12.1. The van der Waals surface area contributed by atoms with Crippen molar-refractivity contribution in [1.29, 1.82) is 0 Å². The van der Waals surface area contributed by atoms with E-state index in [2.05, 4.69) is 11.8 Å². The molecule has 20 heavy (non-hydrogen) atoms. The fourth-order valence-corrected chi connectivity index (χ4v) is 2.93. The number of aliphatic hydroxyl groups excluding tert-OH is 1. The van der Waals surface area contributed by atoms with Crippen molar-refractivity contribution in [3.63, 3.8) is 0 Å². The lowest BCUT2D eigenvalue weighted by atomic mass is 10.00. The lowest BCUT2D eigenvalue weighted by Gasteiger charge is -2.13. The highest BCUT2D eigenvalue weighted by Gasteiger charge is 2.42. The van der Waals surface area contributed by atoms with Gasteiger partial charge in [0.25, 0.3) is 0 Å². The van der Waals surface area contributed by atoms with E-state index in [9.17, 15) is 9.59 Å². The molecule has 0 aliphatic carbocycles. The lowest BCUT2D eigenvalue weighted by Crippen LogP contribution is -2.30. The third-order valence-electron chi connectivity index (χ3n) is 3.57. The van der Waals surface area contributed by atoms with Crippen molar-refractivity contribution in [2.45, 2.75) is 26.8 Å². The molecule has 1 aromatic heterocycles. The predicted molar refractivity (Wildman–Crippen MR) is 76.8 cm³/mol. The molecule has 0 aromatic carbocycles. The molecule has 2 rings (SSSR count). The minimum absolute atomic E-state index is 0.0323. The topological polar surface area (TPSA) is 57.6 Å². The fourth-order valence-electron chi connectivity index (χ4n) is 2.12. The zero-order valence-electron chi connectivity index (χ0n) is 11.5. The van der Waals surface area contributed by atoms with Crippen LogP contribution in [-0.4, -0.2) is 28.4 Å². The largest absolute Gasteiger partial charge is 0.395 e. The van der Waals surface area contributed by atoms with Crippen LogP contribution in [-0.2, 0) is 16.1 Å². The molecule has 0 bridgehead atoms. The van der Waals surface area contributed by atoms with Crippen molar-refractivity contribution in [2.24, 2.45) is 11.8 Å². The number of hydrogen-bond donors (Lipinski definition) is 1. The van der Waals surface area contributed by atoms with Crippen LogP contribution in [0.15, 0.2) is 11.4 Å². The SMILES string of the molecule is CC1C(=O)N(Cc2sccc2C#CCCO)C(=O)C1C. The van der Waals surface area contributed by atoms with Gasteiger partial charge in [-0.2, -0.15) is 0 Å². The van der Waals surface area contributed by atoms with Crippen LogP contribution in [0.5, 0.6) is 0 Å². The number of carbonyl (C=O) groups excluding carboxylic acids is 2. The molecule has 0 saturated carbocycles. The number of aliphatic hydroxyl groups is 1. The van der Waals surface area contributed by atoms with Crippen LogP contribution < -0.4 is 0 Å². The van der Waals surface area contributed by atoms with Crippen LogP contribution in [0.3, 0.4) is 0 Å². The molecule has 1 N–H and O–H groups in total. The molecule has 4 nitrogen and oxygen atoms in total. The summed E-state index contributed by atoms with van der Waals surface area (Å²) in [6.07, 6.45) is 0.422. The Bertz CT molecular complexity index is 561. The monoisotopic (exact) mass is 291 g/mol. The Balaban J connectivity index is 2.16. The molecule has 2 heterocycles. The van der Waals surface area contributed by atoms with Crippen LogP contribution in [0.2, 0.25) is 0 Å². The maximum Gasteiger partial charge on any atom is 0.233 e. The van der Waals surface area contributed by atoms with Gasteiger partial charge in [-0.25, -0.2) is 0 Å². The summed E-state index contributed by atoms with van der Waals surface area (Å²) in [5, 5.41) is 10.6. The average Bonchev–Trinajstić information content (AvgIpc) is 2.95. The third-order valence-corrected chi connectivity index (χ3v) is 4.47. The quantitative estimate of drug-likeness (QED) is 0.680. The molecular weight excluding hydrogens is 274 g/mol. The highest BCUT2D eigenvalue weighted by atomic mass is 32.1. The van der Waals surface area contributed by atoms with Gasteiger partial charge in [0, 0.05) is 28.7 Å². The zero-order valence-corrected chi connectivity index (χ0v) is 12.4. The lowest BCUT2D eigenvalue weighted by molar-refractivity contribution is -0.140. The molecule has 0 spiro atoms. The van der Waals surface area contributed by atoms with E-state index < -0.39 is 0 Å². The second-order valence-electron chi connectivity index (χ2n) is 4.87. The van der Waals surface area contributed by atoms with E-state index in [0.29, 0.717) is 13.0 Å². The fraction of sp³-hybridized carbons (Fsp3) is 0.467. The number of thiophene rings is 1. The first-order chi connectivity index (χ1) is 9.56. The number of carbonyl (C=O) groups is 2. The second-order valence-corrected chi connectivity index (χ2v) is 5.87. The average molecular weight is 291 g/mol. The standard InChI is InChI=1S/C15H17NO3S/c1-10-11(2)15(19)16(14(10)18)9-13-12(6-8-20-13)5-3-4-7-17/h6,8,10-11,17H,4,7,9H2,1-2H3. The van der Waals surface area contributed by atoms with E-state index in [1.807, 2.05) is 11.4 Å². The van der Waals surface area contributed by atoms with E-state index >= 15 is 0 Å². The van der Waals surface area contributed by atoms with Crippen LogP contribution in [0.4, 0.5) is 0 Å². The van der Waals surface area contributed by atoms with Crippen molar-refractivity contribution < 1.29 is 14.7 Å². The predicted octanol–water partition coefficient (Wildman–Crippen LogP) is 1.62. The molecule has 1 saturated heterocycles. The minimum atomic E-state index is -0.244. The summed E-state index contributed by atoms with van der Waals surface area (Å²) in [5.74, 6) is 5.13. The van der Waals surface area contributed by atoms with E-state index in [1.165, 1.54) is 16.2 Å². The molecule has 1 aliphatic rings. The Labute approximate surface area is 122 Å². The van der Waals surface area contributed by atoms with Crippen molar-refractivity contribution in [2.75, 3.05) is 6.61 Å². The molecule has 106 valence electrons. The molecule has 2 amide bonds. The number of hydrogen-bond acceptors (Lipinski definition) is 4. The van der Waals surface area contributed by atoms with Gasteiger partial charge >= 0.3 is 0 Å². The first-order valence-corrected chi connectivity index (χ1v) is 7.45. The van der Waals surface area contributed by atoms with E-state index in [-0.39, 0.29) is 30.3 Å². The number of nitrogens with zero attached hydrogens (tertiary/aromatic N) is 1. The number of imide groups is 1. The molecule has 1 aromatic rings. The van der Waals surface area contributed by atoms with Crippen LogP contribution in [0, 0.1) is 23.7 Å². The summed E-state index contributed by atoms with van der Waals surface area (Å²) >= 11 is 1.49. The van der Waals surface area contributed by atoms with E-state index in [1.54, 1.807) is 13.8 Å². The number of likely N-dealkylation sites (tertiary alicyclic amines) is 1. The van der Waals surface area contributed by atoms with Gasteiger partial charge in [0.05, 0.1) is 13.2 Å². The third kappa shape index (κ3) is 2.77. The summed E-state index contributed by atoms with van der Waals surface area (Å²) in [6.45, 7) is 3.92. The molecule has 2 atom stereocenters. The molecule has 5 heteroatoms. The summed E-state index contributed by atoms with van der Waals surface area (Å²) in [6, 6.07) is 1.88. The van der Waals surface area contributed by atoms with E-state index in [4.69, 9.17) is 5.11 Å². The second kappa shape index (κ2) is 6.21.